The van der Waals surface area contributed by atoms with E-state index in [0.717, 1.165) is 11.1 Å². The number of nitrogens with zero attached hydrogens (tertiary/aromatic N) is 3. The molecule has 0 bridgehead atoms. The van der Waals surface area contributed by atoms with Gasteiger partial charge in [-0.15, -0.1) is 21.9 Å². The molecule has 20 heteroatoms. The van der Waals surface area contributed by atoms with Gasteiger partial charge in [-0.3, -0.25) is 0 Å². The second kappa shape index (κ2) is 17.5. The van der Waals surface area contributed by atoms with Crippen molar-refractivity contribution in [1.82, 2.24) is 15.0 Å². The Hall–Kier alpha value is -5.61. The minimum Gasteiger partial charge on any atom is -0.208 e. The molecule has 8 aromatic carbocycles. The van der Waals surface area contributed by atoms with Crippen LogP contribution in [0.15, 0.2) is 84.9 Å². The molecule has 0 spiro atoms. The van der Waals surface area contributed by atoms with Crippen molar-refractivity contribution in [1.29, 1.82) is 0 Å². The first-order valence-corrected chi connectivity index (χ1v) is 20.4. The molecule has 0 N–H and O–H groups in total. The van der Waals surface area contributed by atoms with E-state index < -0.39 is 0 Å². The molecule has 9 rings (SSSR count). The molecule has 67 heavy (non-hydrogen) atoms. The number of hydrogen-bond donors (Lipinski definition) is 0. The van der Waals surface area contributed by atoms with Crippen LogP contribution in [0, 0.1) is 0 Å². The first kappa shape index (κ1) is 46.5. The Morgan fingerprint density at radius 3 is 1.09 bits per heavy atom. The third-order valence-electron chi connectivity index (χ3n) is 12.3. The van der Waals surface area contributed by atoms with Gasteiger partial charge in [0.2, 0.25) is 0 Å². The molecule has 0 aliphatic carbocycles. The van der Waals surface area contributed by atoms with Crippen molar-refractivity contribution in [2.24, 2.45) is 0 Å². The summed E-state index contributed by atoms with van der Waals surface area (Å²) in [5, 5.41) is 0.499. The van der Waals surface area contributed by atoms with Gasteiger partial charge in [-0.2, -0.15) is 0 Å². The monoisotopic (exact) mass is 807 g/mol. The molecule has 3 nitrogen and oxygen atoms in total. The van der Waals surface area contributed by atoms with Gasteiger partial charge in [-0.25, -0.2) is 15.0 Å². The fourth-order valence-electron chi connectivity index (χ4n) is 8.84. The maximum absolute atomic E-state index is 7.17. The molecule has 0 aliphatic rings. The molecule has 0 atom stereocenters. The highest BCUT2D eigenvalue weighted by molar-refractivity contribution is 6.74. The van der Waals surface area contributed by atoms with E-state index >= 15 is 0 Å². The van der Waals surface area contributed by atoms with Gasteiger partial charge in [-0.05, 0) is 54.9 Å². The Kier molecular flexibility index (Phi) is 12.1. The van der Waals surface area contributed by atoms with E-state index in [2.05, 4.69) is 0 Å². The van der Waals surface area contributed by atoms with Crippen molar-refractivity contribution < 1.29 is 0 Å². The predicted molar refractivity (Wildman–Crippen MR) is 299 cm³/mol. The zero-order valence-electron chi connectivity index (χ0n) is 35.7. The van der Waals surface area contributed by atoms with Crippen molar-refractivity contribution in [2.45, 2.75) is 0 Å². The van der Waals surface area contributed by atoms with Crippen LogP contribution in [0.25, 0.3) is 89.1 Å². The molecular formula is C47H14B17N3. The maximum Gasteiger partial charge on any atom is 0.164 e. The zero-order chi connectivity index (χ0) is 48.1. The minimum absolute atomic E-state index is 0.00491. The number of hydrogen-bond acceptors (Lipinski definition) is 3. The summed E-state index contributed by atoms with van der Waals surface area (Å²) in [6.07, 6.45) is 0. The Morgan fingerprint density at radius 1 is 0.209 bits per heavy atom. The molecular weight excluding hydrogens is 790 g/mol. The van der Waals surface area contributed by atoms with Crippen molar-refractivity contribution >= 4 is 248 Å². The SMILES string of the molecule is [B]c1c([B])c(-c2nc(-c3ccccc3)nc(-c3ccccc3-c3ccccc3)n2)c([B])c(-c2c([B])c([B])c3c([B])c(-c4c([B])c([B])c([B])c5c([B])c([B])c([B])c([B])c45)c([B])c([B])c3c2[B])c1[B]. The molecule has 1 heterocycles. The lowest BCUT2D eigenvalue weighted by Crippen LogP contribution is -2.53. The van der Waals surface area contributed by atoms with Crippen LogP contribution in [0.1, 0.15) is 0 Å². The van der Waals surface area contributed by atoms with Crippen LogP contribution in [0.2, 0.25) is 0 Å². The van der Waals surface area contributed by atoms with Gasteiger partial charge in [0.05, 0.1) is 0 Å². The zero-order valence-corrected chi connectivity index (χ0v) is 35.7. The van der Waals surface area contributed by atoms with Gasteiger partial charge in [0.1, 0.15) is 133 Å². The Bertz CT molecular complexity index is 3600. The van der Waals surface area contributed by atoms with E-state index in [1.807, 2.05) is 84.9 Å². The molecule has 0 fully saturated rings. The summed E-state index contributed by atoms with van der Waals surface area (Å²) >= 11 is 0. The fourth-order valence-corrected chi connectivity index (χ4v) is 8.84. The van der Waals surface area contributed by atoms with Crippen molar-refractivity contribution in [2.75, 3.05) is 0 Å². The summed E-state index contributed by atoms with van der Waals surface area (Å²) in [6, 6.07) is 26.8. The standard InChI is InChI=1S/C47H14B17N3/c48-28-21(19-20-22(37(57)41(61)31(19)51)38(58)44(64)43(63)32(20)52)33(53)34(54)24-23(28)35(55)36(56)25(29(24)49)26-30(50)27(40(60)42(62)39(26)59)47-66-45(16-11-5-2-6-12-16)65-46(67-47)18-14-8-7-13-17(18)15-9-3-1-4-10-15/h1-14H. The molecule has 0 amide bonds. The average Bonchev–Trinajstić information content (AvgIpc) is 3.33. The van der Waals surface area contributed by atoms with E-state index in [4.69, 9.17) is 148 Å². The topological polar surface area (TPSA) is 38.7 Å². The number of aromatic nitrogens is 3. The Balaban J connectivity index is 1.33. The van der Waals surface area contributed by atoms with Gasteiger partial charge < -0.3 is 0 Å². The number of benzene rings is 8. The van der Waals surface area contributed by atoms with E-state index in [-0.39, 0.29) is 148 Å². The van der Waals surface area contributed by atoms with Crippen LogP contribution in [-0.2, 0) is 0 Å². The first-order chi connectivity index (χ1) is 31.9. The second-order valence-corrected chi connectivity index (χ2v) is 16.0. The normalized spacial score (nSPS) is 11.4. The van der Waals surface area contributed by atoms with Gasteiger partial charge in [0.15, 0.2) is 17.5 Å². The number of rotatable bonds is 6. The summed E-state index contributed by atoms with van der Waals surface area (Å²) in [5.41, 5.74) is 2.48. The van der Waals surface area contributed by atoms with Crippen molar-refractivity contribution in [3.8, 4) is 67.5 Å². The largest absolute Gasteiger partial charge is 0.208 e. The molecule has 0 saturated heterocycles. The molecule has 268 valence electrons. The van der Waals surface area contributed by atoms with Crippen molar-refractivity contribution in [3.05, 3.63) is 84.9 Å². The maximum atomic E-state index is 7.17. The van der Waals surface area contributed by atoms with E-state index in [0.29, 0.717) is 22.8 Å². The highest BCUT2D eigenvalue weighted by Crippen LogP contribution is 2.32. The van der Waals surface area contributed by atoms with Gasteiger partial charge in [-0.1, -0.05) is 156 Å². The third-order valence-corrected chi connectivity index (χ3v) is 12.3. The molecule has 0 unspecified atom stereocenters. The average molecular weight is 804 g/mol. The van der Waals surface area contributed by atoms with Crippen LogP contribution in [0.3, 0.4) is 0 Å². The molecule has 9 aromatic rings. The number of fused-ring (bicyclic) bond motifs is 2. The lowest BCUT2D eigenvalue weighted by Gasteiger charge is -2.31. The summed E-state index contributed by atoms with van der Waals surface area (Å²) in [5.74, 6) is 0.692. The Labute approximate surface area is 412 Å². The van der Waals surface area contributed by atoms with Crippen molar-refractivity contribution in [3.63, 3.8) is 0 Å². The van der Waals surface area contributed by atoms with E-state index in [1.54, 1.807) is 0 Å². The van der Waals surface area contributed by atoms with Crippen LogP contribution >= 0.6 is 0 Å². The summed E-state index contributed by atoms with van der Waals surface area (Å²) in [6.45, 7) is 0. The van der Waals surface area contributed by atoms with E-state index in [1.165, 1.54) is 0 Å². The summed E-state index contributed by atoms with van der Waals surface area (Å²) in [4.78, 5) is 14.8. The minimum atomic E-state index is -0.117. The first-order valence-electron chi connectivity index (χ1n) is 20.4. The summed E-state index contributed by atoms with van der Waals surface area (Å²) < 4.78 is 0. The van der Waals surface area contributed by atoms with Crippen LogP contribution in [0.5, 0.6) is 0 Å². The Morgan fingerprint density at radius 2 is 0.537 bits per heavy atom. The van der Waals surface area contributed by atoms with Gasteiger partial charge >= 0.3 is 0 Å². The predicted octanol–water partition coefficient (Wildman–Crippen LogP) is -8.33. The summed E-state index contributed by atoms with van der Waals surface area (Å²) in [7, 11) is 115. The third kappa shape index (κ3) is 7.18. The van der Waals surface area contributed by atoms with Crippen LogP contribution in [-0.4, -0.2) is 148 Å². The van der Waals surface area contributed by atoms with Gasteiger partial charge in [0, 0.05) is 16.7 Å². The van der Waals surface area contributed by atoms with Crippen LogP contribution in [0.4, 0.5) is 0 Å². The molecule has 0 aliphatic heterocycles. The molecule has 34 radical (unpaired) electrons. The van der Waals surface area contributed by atoms with Crippen LogP contribution < -0.4 is 92.9 Å². The van der Waals surface area contributed by atoms with E-state index in [9.17, 15) is 0 Å². The van der Waals surface area contributed by atoms with Gasteiger partial charge in [0.25, 0.3) is 0 Å². The highest BCUT2D eigenvalue weighted by atomic mass is 15.0. The molecule has 1 aromatic heterocycles. The second-order valence-electron chi connectivity index (χ2n) is 16.0. The fraction of sp³-hybridized carbons (Fsp3) is 0. The highest BCUT2D eigenvalue weighted by Gasteiger charge is 2.27. The lowest BCUT2D eigenvalue weighted by molar-refractivity contribution is 1.08. The quantitative estimate of drug-likeness (QED) is 0.157. The lowest BCUT2D eigenvalue weighted by atomic mass is 9.55. The molecule has 0 saturated carbocycles. The smallest absolute Gasteiger partial charge is 0.164 e.